The molecular weight excluding hydrogens is 362 g/mol. The Hall–Kier alpha value is -2.24. The SMILES string of the molecule is O=C(CSc1ncn[nH]1)Nc1cc(C(F)(F)F)cc(C(F)(F)F)c1. The number of anilines is 1. The predicted octanol–water partition coefficient (Wildman–Crippen LogP) is 3.57. The van der Waals surface area contributed by atoms with Crippen molar-refractivity contribution in [3.05, 3.63) is 35.7 Å². The number of amides is 1. The van der Waals surface area contributed by atoms with E-state index in [9.17, 15) is 31.1 Å². The first-order chi connectivity index (χ1) is 11.1. The summed E-state index contributed by atoms with van der Waals surface area (Å²) in [6, 6.07) is 0.859. The van der Waals surface area contributed by atoms with Crippen LogP contribution in [0.3, 0.4) is 0 Å². The van der Waals surface area contributed by atoms with Gasteiger partial charge in [-0.15, -0.1) is 0 Å². The van der Waals surface area contributed by atoms with E-state index in [4.69, 9.17) is 0 Å². The van der Waals surface area contributed by atoms with Crippen LogP contribution in [0.15, 0.2) is 29.7 Å². The van der Waals surface area contributed by atoms with Crippen molar-refractivity contribution >= 4 is 23.4 Å². The number of aromatic amines is 1. The number of nitrogens with one attached hydrogen (secondary N) is 2. The molecule has 130 valence electrons. The van der Waals surface area contributed by atoms with Crippen LogP contribution >= 0.6 is 11.8 Å². The molecule has 2 aromatic rings. The first-order valence-corrected chi connectivity index (χ1v) is 7.12. The summed E-state index contributed by atoms with van der Waals surface area (Å²) in [6.45, 7) is 0. The minimum atomic E-state index is -4.98. The summed E-state index contributed by atoms with van der Waals surface area (Å²) in [5.74, 6) is -1.06. The van der Waals surface area contributed by atoms with Gasteiger partial charge in [-0.25, -0.2) is 4.98 Å². The normalized spacial score (nSPS) is 12.2. The van der Waals surface area contributed by atoms with Crippen molar-refractivity contribution in [3.63, 3.8) is 0 Å². The zero-order chi connectivity index (χ0) is 18.0. The number of hydrogen-bond donors (Lipinski definition) is 2. The van der Waals surface area contributed by atoms with Gasteiger partial charge in [-0.1, -0.05) is 11.8 Å². The van der Waals surface area contributed by atoms with Crippen molar-refractivity contribution in [3.8, 4) is 0 Å². The molecular formula is C12H8F6N4OS. The van der Waals surface area contributed by atoms with E-state index < -0.39 is 35.1 Å². The van der Waals surface area contributed by atoms with Gasteiger partial charge in [0.25, 0.3) is 0 Å². The minimum Gasteiger partial charge on any atom is -0.325 e. The molecule has 0 aliphatic heterocycles. The van der Waals surface area contributed by atoms with Crippen molar-refractivity contribution in [2.75, 3.05) is 11.1 Å². The van der Waals surface area contributed by atoms with Crippen molar-refractivity contribution < 1.29 is 31.1 Å². The van der Waals surface area contributed by atoms with Crippen LogP contribution in [0.25, 0.3) is 0 Å². The molecule has 0 spiro atoms. The number of rotatable bonds is 4. The molecule has 5 nitrogen and oxygen atoms in total. The van der Waals surface area contributed by atoms with Gasteiger partial charge >= 0.3 is 12.4 Å². The van der Waals surface area contributed by atoms with Crippen molar-refractivity contribution in [2.45, 2.75) is 17.5 Å². The van der Waals surface area contributed by atoms with Crippen LogP contribution in [0.2, 0.25) is 0 Å². The average Bonchev–Trinajstić information content (AvgIpc) is 2.96. The molecule has 1 heterocycles. The highest BCUT2D eigenvalue weighted by molar-refractivity contribution is 7.99. The maximum absolute atomic E-state index is 12.7. The molecule has 0 atom stereocenters. The lowest BCUT2D eigenvalue weighted by Crippen LogP contribution is -2.17. The van der Waals surface area contributed by atoms with Gasteiger partial charge < -0.3 is 5.32 Å². The fourth-order valence-electron chi connectivity index (χ4n) is 1.62. The van der Waals surface area contributed by atoms with Gasteiger partial charge in [0.05, 0.1) is 16.9 Å². The third-order valence-electron chi connectivity index (χ3n) is 2.60. The zero-order valence-corrected chi connectivity index (χ0v) is 12.3. The van der Waals surface area contributed by atoms with Gasteiger partial charge in [-0.2, -0.15) is 31.4 Å². The summed E-state index contributed by atoms with van der Waals surface area (Å²) < 4.78 is 76.2. The summed E-state index contributed by atoms with van der Waals surface area (Å²) in [5.41, 5.74) is -3.61. The molecule has 24 heavy (non-hydrogen) atoms. The summed E-state index contributed by atoms with van der Waals surface area (Å²) in [7, 11) is 0. The summed E-state index contributed by atoms with van der Waals surface area (Å²) in [4.78, 5) is 15.4. The van der Waals surface area contributed by atoms with Crippen LogP contribution in [-0.4, -0.2) is 26.8 Å². The van der Waals surface area contributed by atoms with Gasteiger partial charge in [0.15, 0.2) is 5.16 Å². The molecule has 12 heteroatoms. The molecule has 1 aromatic carbocycles. The Balaban J connectivity index is 2.17. The van der Waals surface area contributed by atoms with E-state index >= 15 is 0 Å². The lowest BCUT2D eigenvalue weighted by atomic mass is 10.1. The maximum atomic E-state index is 12.7. The largest absolute Gasteiger partial charge is 0.416 e. The van der Waals surface area contributed by atoms with Crippen LogP contribution < -0.4 is 5.32 Å². The third kappa shape index (κ3) is 4.88. The number of aromatic nitrogens is 3. The predicted molar refractivity (Wildman–Crippen MR) is 72.2 cm³/mol. The topological polar surface area (TPSA) is 70.7 Å². The molecule has 0 aliphatic carbocycles. The Labute approximate surface area is 134 Å². The fraction of sp³-hybridized carbons (Fsp3) is 0.250. The van der Waals surface area contributed by atoms with Crippen LogP contribution in [0.4, 0.5) is 32.0 Å². The number of carbonyl (C=O) groups excluding carboxylic acids is 1. The Morgan fingerprint density at radius 3 is 2.12 bits per heavy atom. The van der Waals surface area contributed by atoms with Crippen molar-refractivity contribution in [1.29, 1.82) is 0 Å². The summed E-state index contributed by atoms with van der Waals surface area (Å²) in [6.07, 6.45) is -8.77. The average molecular weight is 370 g/mol. The standard InChI is InChI=1S/C12H8F6N4OS/c13-11(14,15)6-1-7(12(16,17)18)3-8(2-6)21-9(23)4-24-10-19-5-20-22-10/h1-3,5H,4H2,(H,21,23)(H,19,20,22). The molecule has 2 rings (SSSR count). The first kappa shape index (κ1) is 18.1. The number of thioether (sulfide) groups is 1. The second-order valence-electron chi connectivity index (χ2n) is 4.42. The number of carbonyl (C=O) groups is 1. The molecule has 0 fully saturated rings. The second-order valence-corrected chi connectivity index (χ2v) is 5.39. The van der Waals surface area contributed by atoms with E-state index in [0.717, 1.165) is 11.8 Å². The molecule has 0 unspecified atom stereocenters. The third-order valence-corrected chi connectivity index (χ3v) is 3.48. The van der Waals surface area contributed by atoms with Gasteiger partial charge in [-0.05, 0) is 18.2 Å². The van der Waals surface area contributed by atoms with E-state index in [0.29, 0.717) is 12.1 Å². The van der Waals surface area contributed by atoms with E-state index in [1.54, 1.807) is 0 Å². The van der Waals surface area contributed by atoms with Gasteiger partial charge in [-0.3, -0.25) is 9.89 Å². The fourth-order valence-corrected chi connectivity index (χ4v) is 2.20. The molecule has 2 N–H and O–H groups in total. The minimum absolute atomic E-state index is 0.0150. The highest BCUT2D eigenvalue weighted by Gasteiger charge is 2.37. The van der Waals surface area contributed by atoms with Crippen LogP contribution in [-0.2, 0) is 17.1 Å². The highest BCUT2D eigenvalue weighted by atomic mass is 32.2. The van der Waals surface area contributed by atoms with E-state index in [2.05, 4.69) is 15.2 Å². The maximum Gasteiger partial charge on any atom is 0.416 e. The molecule has 1 aromatic heterocycles. The summed E-state index contributed by atoms with van der Waals surface area (Å²) in [5, 5.41) is 8.25. The quantitative estimate of drug-likeness (QED) is 0.638. The van der Waals surface area contributed by atoms with Gasteiger partial charge in [0, 0.05) is 5.69 Å². The Kier molecular flexibility index (Phi) is 5.06. The number of nitrogens with zero attached hydrogens (tertiary/aromatic N) is 2. The van der Waals surface area contributed by atoms with Crippen LogP contribution in [0.1, 0.15) is 11.1 Å². The number of H-pyrrole nitrogens is 1. The van der Waals surface area contributed by atoms with Crippen molar-refractivity contribution in [1.82, 2.24) is 15.2 Å². The number of hydrogen-bond acceptors (Lipinski definition) is 4. The number of benzene rings is 1. The Morgan fingerprint density at radius 2 is 1.67 bits per heavy atom. The number of halogens is 6. The molecule has 0 bridgehead atoms. The van der Waals surface area contributed by atoms with E-state index in [1.165, 1.54) is 6.33 Å². The second kappa shape index (κ2) is 6.71. The van der Waals surface area contributed by atoms with Crippen molar-refractivity contribution in [2.24, 2.45) is 0 Å². The van der Waals surface area contributed by atoms with Gasteiger partial charge in [0.1, 0.15) is 6.33 Å². The lowest BCUT2D eigenvalue weighted by molar-refractivity contribution is -0.143. The van der Waals surface area contributed by atoms with Crippen LogP contribution in [0, 0.1) is 0 Å². The molecule has 0 radical (unpaired) electrons. The number of alkyl halides is 6. The summed E-state index contributed by atoms with van der Waals surface area (Å²) >= 11 is 0.888. The molecule has 1 amide bonds. The molecule has 0 saturated heterocycles. The lowest BCUT2D eigenvalue weighted by Gasteiger charge is -2.14. The highest BCUT2D eigenvalue weighted by Crippen LogP contribution is 2.37. The smallest absolute Gasteiger partial charge is 0.325 e. The zero-order valence-electron chi connectivity index (χ0n) is 11.5. The first-order valence-electron chi connectivity index (χ1n) is 6.13. The van der Waals surface area contributed by atoms with Crippen LogP contribution in [0.5, 0.6) is 0 Å². The Morgan fingerprint density at radius 1 is 1.08 bits per heavy atom. The van der Waals surface area contributed by atoms with E-state index in [-0.39, 0.29) is 17.0 Å². The monoisotopic (exact) mass is 370 g/mol. The van der Waals surface area contributed by atoms with Gasteiger partial charge in [0.2, 0.25) is 5.91 Å². The molecule has 0 saturated carbocycles. The van der Waals surface area contributed by atoms with E-state index in [1.807, 2.05) is 5.32 Å². The Bertz CT molecular complexity index is 681. The molecule has 0 aliphatic rings.